The van der Waals surface area contributed by atoms with E-state index in [1.165, 1.54) is 6.07 Å². The van der Waals surface area contributed by atoms with Crippen molar-refractivity contribution in [3.05, 3.63) is 48.1 Å². The molecular formula is C30H48O8. The van der Waals surface area contributed by atoms with Gasteiger partial charge in [-0.05, 0) is 55.7 Å². The second kappa shape index (κ2) is 17.6. The number of phenols is 2. The summed E-state index contributed by atoms with van der Waals surface area (Å²) in [4.78, 5) is 0. The van der Waals surface area contributed by atoms with E-state index in [9.17, 15) is 30.6 Å². The van der Waals surface area contributed by atoms with Gasteiger partial charge in [-0.3, -0.25) is 0 Å². The Labute approximate surface area is 227 Å². The number of aryl methyl sites for hydroxylation is 1. The largest absolute Gasteiger partial charge is 0.508 e. The lowest BCUT2D eigenvalue weighted by atomic mass is 9.95. The van der Waals surface area contributed by atoms with Crippen LogP contribution in [0.5, 0.6) is 11.5 Å². The van der Waals surface area contributed by atoms with Crippen LogP contribution in [0.2, 0.25) is 0 Å². The lowest BCUT2D eigenvalue weighted by Gasteiger charge is -2.41. The molecular weight excluding hydrogens is 488 g/mol. The molecule has 8 heteroatoms. The lowest BCUT2D eigenvalue weighted by molar-refractivity contribution is -0.315. The smallest absolute Gasteiger partial charge is 0.186 e. The molecule has 0 bridgehead atoms. The van der Waals surface area contributed by atoms with Gasteiger partial charge in [-0.1, -0.05) is 70.3 Å². The Balaban J connectivity index is 1.59. The maximum Gasteiger partial charge on any atom is 0.186 e. The normalized spacial score (nSPS) is 25.8. The standard InChI is InChI=1S/C30H48O8/c1-3-21(2)25(37-30-29(36)28(35)27(34)26(20-31)38-30)16-14-12-10-8-6-4-5-7-9-11-13-15-22-17-23(32)19-24(33)18-22/h5,7,9,11,17-19,21,25-36H,3-4,6,8,10,12-16,20H2,1-2H3/b7-5+,11-9+/t21-,25-,26+,27+,28-,29+,30-/m0/s1. The number of allylic oxidation sites excluding steroid dienone is 4. The first-order valence-corrected chi connectivity index (χ1v) is 14.1. The van der Waals surface area contributed by atoms with Crippen LogP contribution in [0.15, 0.2) is 42.5 Å². The quantitative estimate of drug-likeness (QED) is 0.129. The van der Waals surface area contributed by atoms with Gasteiger partial charge in [-0.2, -0.15) is 0 Å². The van der Waals surface area contributed by atoms with E-state index >= 15 is 0 Å². The number of ether oxygens (including phenoxy) is 2. The summed E-state index contributed by atoms with van der Waals surface area (Å²) in [6.07, 6.45) is 11.8. The van der Waals surface area contributed by atoms with Crippen molar-refractivity contribution >= 4 is 0 Å². The third-order valence-electron chi connectivity index (χ3n) is 7.24. The number of phenolic OH excluding ortho intramolecular Hbond substituents is 2. The second-order valence-electron chi connectivity index (χ2n) is 10.4. The van der Waals surface area contributed by atoms with Crippen molar-refractivity contribution in [2.45, 2.75) is 115 Å². The molecule has 216 valence electrons. The molecule has 1 heterocycles. The van der Waals surface area contributed by atoms with Crippen LogP contribution in [0.4, 0.5) is 0 Å². The van der Waals surface area contributed by atoms with Crippen molar-refractivity contribution in [1.82, 2.24) is 0 Å². The monoisotopic (exact) mass is 536 g/mol. The van der Waals surface area contributed by atoms with Gasteiger partial charge >= 0.3 is 0 Å². The topological polar surface area (TPSA) is 140 Å². The van der Waals surface area contributed by atoms with Crippen LogP contribution in [0, 0.1) is 5.92 Å². The van der Waals surface area contributed by atoms with Crippen LogP contribution in [-0.4, -0.2) is 74.1 Å². The van der Waals surface area contributed by atoms with E-state index in [0.29, 0.717) is 0 Å². The Morgan fingerprint density at radius 2 is 1.50 bits per heavy atom. The van der Waals surface area contributed by atoms with Gasteiger partial charge in [0.05, 0.1) is 12.7 Å². The Morgan fingerprint density at radius 3 is 2.16 bits per heavy atom. The van der Waals surface area contributed by atoms with Crippen LogP contribution in [0.25, 0.3) is 0 Å². The van der Waals surface area contributed by atoms with E-state index in [0.717, 1.165) is 69.8 Å². The number of aliphatic hydroxyl groups is 4. The lowest BCUT2D eigenvalue weighted by Crippen LogP contribution is -2.59. The van der Waals surface area contributed by atoms with E-state index in [1.807, 2.05) is 6.08 Å². The molecule has 1 aromatic carbocycles. The van der Waals surface area contributed by atoms with E-state index < -0.39 is 37.3 Å². The summed E-state index contributed by atoms with van der Waals surface area (Å²) in [6.45, 7) is 3.71. The molecule has 8 nitrogen and oxygen atoms in total. The highest BCUT2D eigenvalue weighted by Crippen LogP contribution is 2.27. The summed E-state index contributed by atoms with van der Waals surface area (Å²) in [7, 11) is 0. The summed E-state index contributed by atoms with van der Waals surface area (Å²) in [5.74, 6) is 0.411. The highest BCUT2D eigenvalue weighted by Gasteiger charge is 2.45. The highest BCUT2D eigenvalue weighted by atomic mass is 16.7. The second-order valence-corrected chi connectivity index (χ2v) is 10.4. The van der Waals surface area contributed by atoms with E-state index in [4.69, 9.17) is 9.47 Å². The van der Waals surface area contributed by atoms with Crippen LogP contribution < -0.4 is 0 Å². The minimum Gasteiger partial charge on any atom is -0.508 e. The summed E-state index contributed by atoms with van der Waals surface area (Å²) in [6, 6.07) is 4.66. The van der Waals surface area contributed by atoms with E-state index in [-0.39, 0.29) is 23.5 Å². The SMILES string of the molecule is CC[C@H](C)[C@H](CCCCCCC/C=C/C=C/CCc1cc(O)cc(O)c1)O[C@H]1O[C@H](CO)[C@@H](O)[C@H](O)[C@H]1O. The van der Waals surface area contributed by atoms with Crippen LogP contribution in [-0.2, 0) is 15.9 Å². The first-order valence-electron chi connectivity index (χ1n) is 14.1. The van der Waals surface area contributed by atoms with Crippen LogP contribution >= 0.6 is 0 Å². The average molecular weight is 537 g/mol. The van der Waals surface area contributed by atoms with Crippen molar-refractivity contribution in [1.29, 1.82) is 0 Å². The fourth-order valence-corrected chi connectivity index (χ4v) is 4.64. The Kier molecular flexibility index (Phi) is 15.0. The van der Waals surface area contributed by atoms with Gasteiger partial charge in [0.2, 0.25) is 0 Å². The Hall–Kier alpha value is -1.94. The van der Waals surface area contributed by atoms with Gasteiger partial charge in [-0.15, -0.1) is 0 Å². The van der Waals surface area contributed by atoms with Crippen molar-refractivity contribution in [2.24, 2.45) is 5.92 Å². The fraction of sp³-hybridized carbons (Fsp3) is 0.667. The van der Waals surface area contributed by atoms with Gasteiger partial charge in [-0.25, -0.2) is 0 Å². The fourth-order valence-electron chi connectivity index (χ4n) is 4.64. The number of rotatable bonds is 17. The summed E-state index contributed by atoms with van der Waals surface area (Å²) >= 11 is 0. The molecule has 0 spiro atoms. The predicted octanol–water partition coefficient (Wildman–Crippen LogP) is 4.10. The molecule has 1 aromatic rings. The van der Waals surface area contributed by atoms with Crippen molar-refractivity contribution < 1.29 is 40.1 Å². The van der Waals surface area contributed by atoms with Crippen molar-refractivity contribution in [2.75, 3.05) is 6.61 Å². The highest BCUT2D eigenvalue weighted by molar-refractivity contribution is 5.36. The van der Waals surface area contributed by atoms with Gasteiger partial charge in [0.15, 0.2) is 6.29 Å². The van der Waals surface area contributed by atoms with Gasteiger partial charge in [0, 0.05) is 6.07 Å². The summed E-state index contributed by atoms with van der Waals surface area (Å²) in [5, 5.41) is 58.7. The Morgan fingerprint density at radius 1 is 0.868 bits per heavy atom. The molecule has 0 saturated carbocycles. The summed E-state index contributed by atoms with van der Waals surface area (Å²) in [5.41, 5.74) is 0.909. The molecule has 0 amide bonds. The molecule has 0 unspecified atom stereocenters. The molecule has 1 aliphatic heterocycles. The van der Waals surface area contributed by atoms with Gasteiger partial charge < -0.3 is 40.1 Å². The van der Waals surface area contributed by atoms with Gasteiger partial charge in [0.1, 0.15) is 35.9 Å². The first-order chi connectivity index (χ1) is 18.3. The molecule has 1 saturated heterocycles. The molecule has 38 heavy (non-hydrogen) atoms. The third kappa shape index (κ3) is 11.0. The van der Waals surface area contributed by atoms with Crippen LogP contribution in [0.3, 0.4) is 0 Å². The average Bonchev–Trinajstić information content (AvgIpc) is 2.89. The molecule has 1 fully saturated rings. The number of hydrogen-bond acceptors (Lipinski definition) is 8. The minimum absolute atomic E-state index is 0.0839. The van der Waals surface area contributed by atoms with E-state index in [1.54, 1.807) is 12.1 Å². The van der Waals surface area contributed by atoms with E-state index in [2.05, 4.69) is 32.1 Å². The molecule has 0 radical (unpaired) electrons. The molecule has 0 aromatic heterocycles. The molecule has 6 N–H and O–H groups in total. The zero-order valence-corrected chi connectivity index (χ0v) is 22.9. The third-order valence-corrected chi connectivity index (χ3v) is 7.24. The van der Waals surface area contributed by atoms with Crippen LogP contribution in [0.1, 0.15) is 77.2 Å². The van der Waals surface area contributed by atoms with Crippen molar-refractivity contribution in [3.63, 3.8) is 0 Å². The molecule has 2 rings (SSSR count). The minimum atomic E-state index is -1.42. The number of unbranched alkanes of at least 4 members (excludes halogenated alkanes) is 5. The number of hydrogen-bond donors (Lipinski definition) is 6. The number of aromatic hydroxyl groups is 2. The zero-order valence-electron chi connectivity index (χ0n) is 22.9. The first kappa shape index (κ1) is 32.3. The molecule has 0 aliphatic carbocycles. The number of aliphatic hydroxyl groups excluding tert-OH is 4. The molecule has 7 atom stereocenters. The summed E-state index contributed by atoms with van der Waals surface area (Å²) < 4.78 is 11.6. The maximum atomic E-state index is 10.3. The maximum absolute atomic E-state index is 10.3. The predicted molar refractivity (Wildman–Crippen MR) is 147 cm³/mol. The zero-order chi connectivity index (χ0) is 27.9. The van der Waals surface area contributed by atoms with Crippen molar-refractivity contribution in [3.8, 4) is 11.5 Å². The molecule has 1 aliphatic rings. The van der Waals surface area contributed by atoms with Gasteiger partial charge in [0.25, 0.3) is 0 Å². The number of benzene rings is 1. The Bertz CT molecular complexity index is 819.